The van der Waals surface area contributed by atoms with Crippen LogP contribution in [0, 0.1) is 12.3 Å². The second-order valence-corrected chi connectivity index (χ2v) is 5.63. The standard InChI is InChI=1S/C14H24N2O2/c1-10(2)16(13(17)14(4,5)9-15)8-12-7-6-11(3)18-12/h6-7,10H,8-9,15H2,1-5H3. The van der Waals surface area contributed by atoms with Crippen molar-refractivity contribution in [1.82, 2.24) is 4.90 Å². The van der Waals surface area contributed by atoms with Crippen molar-refractivity contribution >= 4 is 5.91 Å². The Bertz CT molecular complexity index is 408. The van der Waals surface area contributed by atoms with Crippen molar-refractivity contribution in [3.63, 3.8) is 0 Å². The largest absolute Gasteiger partial charge is 0.464 e. The van der Waals surface area contributed by atoms with E-state index >= 15 is 0 Å². The molecule has 4 heteroatoms. The molecule has 18 heavy (non-hydrogen) atoms. The van der Waals surface area contributed by atoms with Crippen LogP contribution in [0.4, 0.5) is 0 Å². The first-order valence-corrected chi connectivity index (χ1v) is 6.34. The fourth-order valence-corrected chi connectivity index (χ4v) is 1.70. The van der Waals surface area contributed by atoms with Crippen molar-refractivity contribution in [2.75, 3.05) is 6.54 Å². The average molecular weight is 252 g/mol. The van der Waals surface area contributed by atoms with Gasteiger partial charge < -0.3 is 15.1 Å². The van der Waals surface area contributed by atoms with Crippen LogP contribution in [0.2, 0.25) is 0 Å². The van der Waals surface area contributed by atoms with Crippen molar-refractivity contribution < 1.29 is 9.21 Å². The van der Waals surface area contributed by atoms with E-state index in [1.54, 1.807) is 0 Å². The summed E-state index contributed by atoms with van der Waals surface area (Å²) in [6.07, 6.45) is 0. The van der Waals surface area contributed by atoms with E-state index in [4.69, 9.17) is 10.2 Å². The van der Waals surface area contributed by atoms with Gasteiger partial charge in [0.05, 0.1) is 12.0 Å². The van der Waals surface area contributed by atoms with Crippen molar-refractivity contribution in [2.45, 2.75) is 47.2 Å². The van der Waals surface area contributed by atoms with E-state index in [9.17, 15) is 4.79 Å². The predicted octanol–water partition coefficient (Wildman–Crippen LogP) is 2.31. The Kier molecular flexibility index (Phi) is 4.57. The third kappa shape index (κ3) is 3.35. The molecule has 1 aromatic rings. The van der Waals surface area contributed by atoms with E-state index in [1.807, 2.05) is 51.7 Å². The minimum absolute atomic E-state index is 0.0639. The summed E-state index contributed by atoms with van der Waals surface area (Å²) in [6, 6.07) is 3.94. The van der Waals surface area contributed by atoms with E-state index < -0.39 is 5.41 Å². The maximum Gasteiger partial charge on any atom is 0.230 e. The number of carbonyl (C=O) groups is 1. The van der Waals surface area contributed by atoms with Crippen molar-refractivity contribution in [2.24, 2.45) is 11.1 Å². The van der Waals surface area contributed by atoms with Crippen LogP contribution in [0.3, 0.4) is 0 Å². The van der Waals surface area contributed by atoms with Crippen molar-refractivity contribution in [3.05, 3.63) is 23.7 Å². The molecule has 0 unspecified atom stereocenters. The Labute approximate surface area is 109 Å². The van der Waals surface area contributed by atoms with Crippen molar-refractivity contribution in [3.8, 4) is 0 Å². The number of carbonyl (C=O) groups excluding carboxylic acids is 1. The normalized spacial score (nSPS) is 11.9. The van der Waals surface area contributed by atoms with Gasteiger partial charge >= 0.3 is 0 Å². The highest BCUT2D eigenvalue weighted by molar-refractivity contribution is 5.82. The van der Waals surface area contributed by atoms with E-state index in [-0.39, 0.29) is 11.9 Å². The second-order valence-electron chi connectivity index (χ2n) is 5.63. The Morgan fingerprint density at radius 1 is 1.44 bits per heavy atom. The zero-order chi connectivity index (χ0) is 13.9. The van der Waals surface area contributed by atoms with Gasteiger partial charge in [-0.15, -0.1) is 0 Å². The maximum absolute atomic E-state index is 12.5. The number of furan rings is 1. The Hall–Kier alpha value is -1.29. The summed E-state index contributed by atoms with van der Waals surface area (Å²) in [4.78, 5) is 14.3. The van der Waals surface area contributed by atoms with Crippen LogP contribution in [-0.2, 0) is 11.3 Å². The van der Waals surface area contributed by atoms with Gasteiger partial charge in [0.25, 0.3) is 0 Å². The molecule has 1 heterocycles. The molecule has 0 aliphatic heterocycles. The molecule has 0 aromatic carbocycles. The van der Waals surface area contributed by atoms with Crippen LogP contribution < -0.4 is 5.73 Å². The monoisotopic (exact) mass is 252 g/mol. The summed E-state index contributed by atoms with van der Waals surface area (Å²) in [5.74, 6) is 1.73. The molecule has 102 valence electrons. The van der Waals surface area contributed by atoms with Crippen LogP contribution in [0.1, 0.15) is 39.2 Å². The summed E-state index contributed by atoms with van der Waals surface area (Å²) >= 11 is 0. The van der Waals surface area contributed by atoms with Crippen LogP contribution >= 0.6 is 0 Å². The Morgan fingerprint density at radius 3 is 2.44 bits per heavy atom. The molecule has 0 bridgehead atoms. The van der Waals surface area contributed by atoms with Gasteiger partial charge in [0.2, 0.25) is 5.91 Å². The van der Waals surface area contributed by atoms with Gasteiger partial charge in [-0.2, -0.15) is 0 Å². The fourth-order valence-electron chi connectivity index (χ4n) is 1.70. The third-order valence-electron chi connectivity index (χ3n) is 3.10. The van der Waals surface area contributed by atoms with Crippen molar-refractivity contribution in [1.29, 1.82) is 0 Å². The molecule has 0 atom stereocenters. The molecule has 0 fully saturated rings. The van der Waals surface area contributed by atoms with Gasteiger partial charge in [-0.1, -0.05) is 0 Å². The molecule has 1 amide bonds. The molecule has 0 saturated heterocycles. The molecular formula is C14H24N2O2. The highest BCUT2D eigenvalue weighted by Crippen LogP contribution is 2.21. The lowest BCUT2D eigenvalue weighted by Crippen LogP contribution is -2.47. The van der Waals surface area contributed by atoms with Gasteiger partial charge in [-0.25, -0.2) is 0 Å². The summed E-state index contributed by atoms with van der Waals surface area (Å²) < 4.78 is 5.54. The van der Waals surface area contributed by atoms with Crippen LogP contribution in [0.15, 0.2) is 16.5 Å². The average Bonchev–Trinajstić information content (AvgIpc) is 2.70. The quantitative estimate of drug-likeness (QED) is 0.874. The van der Waals surface area contributed by atoms with Crippen LogP contribution in [0.5, 0.6) is 0 Å². The lowest BCUT2D eigenvalue weighted by molar-refractivity contribution is -0.142. The molecule has 0 aliphatic rings. The first kappa shape index (κ1) is 14.8. The highest BCUT2D eigenvalue weighted by atomic mass is 16.3. The topological polar surface area (TPSA) is 59.5 Å². The van der Waals surface area contributed by atoms with Gasteiger partial charge in [0, 0.05) is 12.6 Å². The number of hydrogen-bond acceptors (Lipinski definition) is 3. The fraction of sp³-hybridized carbons (Fsp3) is 0.643. The molecule has 4 nitrogen and oxygen atoms in total. The summed E-state index contributed by atoms with van der Waals surface area (Å²) in [7, 11) is 0. The molecule has 1 aromatic heterocycles. The molecule has 0 saturated carbocycles. The number of amides is 1. The molecule has 2 N–H and O–H groups in total. The lowest BCUT2D eigenvalue weighted by Gasteiger charge is -2.33. The SMILES string of the molecule is Cc1ccc(CN(C(=O)C(C)(C)CN)C(C)C)o1. The van der Waals surface area contributed by atoms with E-state index in [2.05, 4.69) is 0 Å². The second kappa shape index (κ2) is 5.57. The van der Waals surface area contributed by atoms with E-state index in [1.165, 1.54) is 0 Å². The third-order valence-corrected chi connectivity index (χ3v) is 3.10. The number of rotatable bonds is 5. The van der Waals surface area contributed by atoms with Crippen LogP contribution in [0.25, 0.3) is 0 Å². The van der Waals surface area contributed by atoms with E-state index in [0.29, 0.717) is 13.1 Å². The van der Waals surface area contributed by atoms with Gasteiger partial charge in [-0.3, -0.25) is 4.79 Å². The number of nitrogens with two attached hydrogens (primary N) is 1. The smallest absolute Gasteiger partial charge is 0.230 e. The molecule has 1 rings (SSSR count). The molecule has 0 spiro atoms. The van der Waals surface area contributed by atoms with Gasteiger partial charge in [0.1, 0.15) is 11.5 Å². The Balaban J connectivity index is 2.87. The minimum atomic E-state index is -0.536. The Morgan fingerprint density at radius 2 is 2.06 bits per heavy atom. The summed E-state index contributed by atoms with van der Waals surface area (Å²) in [5.41, 5.74) is 5.14. The van der Waals surface area contributed by atoms with Gasteiger partial charge in [-0.05, 0) is 46.8 Å². The van der Waals surface area contributed by atoms with Gasteiger partial charge in [0.15, 0.2) is 0 Å². The zero-order valence-electron chi connectivity index (χ0n) is 12.0. The molecular weight excluding hydrogens is 228 g/mol. The first-order chi connectivity index (χ1) is 8.27. The highest BCUT2D eigenvalue weighted by Gasteiger charge is 2.32. The minimum Gasteiger partial charge on any atom is -0.464 e. The molecule has 0 radical (unpaired) electrons. The predicted molar refractivity (Wildman–Crippen MR) is 72.0 cm³/mol. The summed E-state index contributed by atoms with van der Waals surface area (Å²) in [6.45, 7) is 10.5. The number of nitrogens with zero attached hydrogens (tertiary/aromatic N) is 1. The maximum atomic E-state index is 12.5. The van der Waals surface area contributed by atoms with E-state index in [0.717, 1.165) is 11.5 Å². The first-order valence-electron chi connectivity index (χ1n) is 6.34. The molecule has 0 aliphatic carbocycles. The van der Waals surface area contributed by atoms with Crippen LogP contribution in [-0.4, -0.2) is 23.4 Å². The zero-order valence-corrected chi connectivity index (χ0v) is 12.0. The number of aryl methyl sites for hydroxylation is 1. The number of hydrogen-bond donors (Lipinski definition) is 1. The summed E-state index contributed by atoms with van der Waals surface area (Å²) in [5, 5.41) is 0. The lowest BCUT2D eigenvalue weighted by atomic mass is 9.91.